The molecular formula is C14H12FN3O2S. The minimum absolute atomic E-state index is 0.0319. The van der Waals surface area contributed by atoms with E-state index in [4.69, 9.17) is 0 Å². The van der Waals surface area contributed by atoms with Crippen molar-refractivity contribution in [3.63, 3.8) is 0 Å². The number of halogens is 1. The number of hydrogen-bond acceptors (Lipinski definition) is 4. The molecule has 0 amide bonds. The molecule has 1 aromatic carbocycles. The van der Waals surface area contributed by atoms with Crippen molar-refractivity contribution >= 4 is 27.4 Å². The molecule has 5 nitrogen and oxygen atoms in total. The molecule has 0 fully saturated rings. The Morgan fingerprint density at radius 2 is 1.95 bits per heavy atom. The Bertz CT molecular complexity index is 862. The summed E-state index contributed by atoms with van der Waals surface area (Å²) in [6.45, 7) is 3.29. The van der Waals surface area contributed by atoms with Crippen LogP contribution in [-0.4, -0.2) is 19.2 Å². The topological polar surface area (TPSA) is 62.6 Å². The zero-order valence-corrected chi connectivity index (χ0v) is 12.2. The van der Waals surface area contributed by atoms with Gasteiger partial charge in [0.15, 0.2) is 5.82 Å². The number of aromatic nitrogens is 1. The molecular weight excluding hydrogens is 293 g/mol. The third kappa shape index (κ3) is 2.19. The van der Waals surface area contributed by atoms with E-state index in [0.717, 1.165) is 5.56 Å². The number of sulfonamides is 1. The highest BCUT2D eigenvalue weighted by Gasteiger charge is 2.31. The van der Waals surface area contributed by atoms with E-state index < -0.39 is 15.8 Å². The fourth-order valence-electron chi connectivity index (χ4n) is 2.25. The van der Waals surface area contributed by atoms with E-state index in [1.807, 2.05) is 0 Å². The number of amidine groups is 1. The maximum atomic E-state index is 14.2. The van der Waals surface area contributed by atoms with Crippen LogP contribution in [-0.2, 0) is 10.0 Å². The molecule has 0 radical (unpaired) electrons. The maximum Gasteiger partial charge on any atom is 0.287 e. The standard InChI is InChI=1S/C14H12FN3O2S/c1-9-5-6-12(11(15)8-9)18-10(2)17-21(19,20)13-4-3-7-16-14(13)18/h3-8H,1-2H3. The lowest BCUT2D eigenvalue weighted by Crippen LogP contribution is -2.31. The molecule has 0 unspecified atom stereocenters. The SMILES string of the molecule is CC1=NS(=O)(=O)c2cccnc2N1c1ccc(C)cc1F. The molecule has 21 heavy (non-hydrogen) atoms. The number of anilines is 2. The summed E-state index contributed by atoms with van der Waals surface area (Å²) in [7, 11) is -3.79. The lowest BCUT2D eigenvalue weighted by Gasteiger charge is -2.28. The van der Waals surface area contributed by atoms with Crippen molar-refractivity contribution in [3.8, 4) is 0 Å². The molecule has 1 aliphatic rings. The summed E-state index contributed by atoms with van der Waals surface area (Å²) in [5, 5.41) is 0. The van der Waals surface area contributed by atoms with Gasteiger partial charge in [-0.25, -0.2) is 9.37 Å². The quantitative estimate of drug-likeness (QED) is 0.812. The van der Waals surface area contributed by atoms with Gasteiger partial charge >= 0.3 is 0 Å². The zero-order valence-electron chi connectivity index (χ0n) is 11.4. The molecule has 2 heterocycles. The van der Waals surface area contributed by atoms with Crippen LogP contribution in [0.5, 0.6) is 0 Å². The summed E-state index contributed by atoms with van der Waals surface area (Å²) in [4.78, 5) is 5.46. The second-order valence-corrected chi connectivity index (χ2v) is 6.30. The summed E-state index contributed by atoms with van der Waals surface area (Å²) in [5.74, 6) is -0.142. The van der Waals surface area contributed by atoms with Gasteiger partial charge in [0.1, 0.15) is 16.5 Å². The van der Waals surface area contributed by atoms with Crippen LogP contribution in [0.4, 0.5) is 15.9 Å². The normalized spacial score (nSPS) is 16.3. The molecule has 0 atom stereocenters. The Labute approximate surface area is 121 Å². The van der Waals surface area contributed by atoms with Gasteiger partial charge in [-0.3, -0.25) is 4.90 Å². The summed E-state index contributed by atoms with van der Waals surface area (Å²) >= 11 is 0. The monoisotopic (exact) mass is 305 g/mol. The minimum Gasteiger partial charge on any atom is -0.278 e. The molecule has 0 aliphatic carbocycles. The second-order valence-electron chi connectivity index (χ2n) is 4.73. The van der Waals surface area contributed by atoms with Crippen molar-refractivity contribution < 1.29 is 12.8 Å². The predicted octanol–water partition coefficient (Wildman–Crippen LogP) is 2.79. The van der Waals surface area contributed by atoms with Crippen molar-refractivity contribution in [3.05, 3.63) is 47.9 Å². The smallest absolute Gasteiger partial charge is 0.278 e. The summed E-state index contributed by atoms with van der Waals surface area (Å²) in [6.07, 6.45) is 1.46. The number of aryl methyl sites for hydroxylation is 1. The predicted molar refractivity (Wildman–Crippen MR) is 77.8 cm³/mol. The van der Waals surface area contributed by atoms with Gasteiger partial charge < -0.3 is 0 Å². The van der Waals surface area contributed by atoms with Crippen LogP contribution < -0.4 is 4.90 Å². The highest BCUT2D eigenvalue weighted by Crippen LogP contribution is 2.36. The first-order valence-electron chi connectivity index (χ1n) is 6.23. The van der Waals surface area contributed by atoms with Crippen LogP contribution in [0, 0.1) is 12.7 Å². The largest absolute Gasteiger partial charge is 0.287 e. The van der Waals surface area contributed by atoms with Gasteiger partial charge in [0.05, 0.1) is 5.69 Å². The average molecular weight is 305 g/mol. The average Bonchev–Trinajstić information content (AvgIpc) is 2.40. The first-order valence-corrected chi connectivity index (χ1v) is 7.67. The fraction of sp³-hybridized carbons (Fsp3) is 0.143. The van der Waals surface area contributed by atoms with Crippen molar-refractivity contribution in [2.24, 2.45) is 4.40 Å². The van der Waals surface area contributed by atoms with Crippen molar-refractivity contribution in [2.45, 2.75) is 18.7 Å². The highest BCUT2D eigenvalue weighted by molar-refractivity contribution is 7.90. The van der Waals surface area contributed by atoms with Crippen LogP contribution in [0.2, 0.25) is 0 Å². The van der Waals surface area contributed by atoms with Crippen LogP contribution in [0.25, 0.3) is 0 Å². The van der Waals surface area contributed by atoms with E-state index in [9.17, 15) is 12.8 Å². The van der Waals surface area contributed by atoms with Crippen molar-refractivity contribution in [1.29, 1.82) is 0 Å². The Kier molecular flexibility index (Phi) is 3.02. The van der Waals surface area contributed by atoms with Crippen LogP contribution >= 0.6 is 0 Å². The Morgan fingerprint density at radius 1 is 1.19 bits per heavy atom. The van der Waals surface area contributed by atoms with Gasteiger partial charge in [0.2, 0.25) is 0 Å². The van der Waals surface area contributed by atoms with Gasteiger partial charge in [-0.1, -0.05) is 6.07 Å². The second kappa shape index (κ2) is 4.63. The minimum atomic E-state index is -3.79. The molecule has 1 aromatic heterocycles. The number of fused-ring (bicyclic) bond motifs is 1. The molecule has 0 bridgehead atoms. The number of nitrogens with zero attached hydrogens (tertiary/aromatic N) is 3. The first kappa shape index (κ1) is 13.7. The summed E-state index contributed by atoms with van der Waals surface area (Å²) in [5.41, 5.74) is 0.994. The van der Waals surface area contributed by atoms with Crippen molar-refractivity contribution in [1.82, 2.24) is 4.98 Å². The number of hydrogen-bond donors (Lipinski definition) is 0. The maximum absolute atomic E-state index is 14.2. The first-order chi connectivity index (χ1) is 9.90. The third-order valence-corrected chi connectivity index (χ3v) is 4.54. The lowest BCUT2D eigenvalue weighted by atomic mass is 10.2. The summed E-state index contributed by atoms with van der Waals surface area (Å²) < 4.78 is 42.0. The Balaban J connectivity index is 2.28. The molecule has 1 aliphatic heterocycles. The van der Waals surface area contributed by atoms with Gasteiger partial charge in [0, 0.05) is 6.20 Å². The zero-order chi connectivity index (χ0) is 15.2. The van der Waals surface area contributed by atoms with Gasteiger partial charge in [-0.2, -0.15) is 8.42 Å². The summed E-state index contributed by atoms with van der Waals surface area (Å²) in [6, 6.07) is 7.63. The molecule has 0 spiro atoms. The molecule has 0 N–H and O–H groups in total. The molecule has 7 heteroatoms. The van der Waals surface area contributed by atoms with E-state index in [-0.39, 0.29) is 22.2 Å². The van der Waals surface area contributed by atoms with E-state index in [1.165, 1.54) is 36.2 Å². The molecule has 3 rings (SSSR count). The number of rotatable bonds is 1. The lowest BCUT2D eigenvalue weighted by molar-refractivity contribution is 0.596. The molecule has 108 valence electrons. The van der Waals surface area contributed by atoms with Crippen molar-refractivity contribution in [2.75, 3.05) is 4.90 Å². The molecule has 0 saturated heterocycles. The van der Waals surface area contributed by atoms with Crippen LogP contribution in [0.15, 0.2) is 45.8 Å². The fourth-order valence-corrected chi connectivity index (χ4v) is 3.40. The Hall–Kier alpha value is -2.28. The van der Waals surface area contributed by atoms with Gasteiger partial charge in [0.25, 0.3) is 10.0 Å². The number of benzene rings is 1. The highest BCUT2D eigenvalue weighted by atomic mass is 32.2. The molecule has 0 saturated carbocycles. The van der Waals surface area contributed by atoms with Crippen LogP contribution in [0.1, 0.15) is 12.5 Å². The van der Waals surface area contributed by atoms with E-state index in [1.54, 1.807) is 19.1 Å². The van der Waals surface area contributed by atoms with Crippen LogP contribution in [0.3, 0.4) is 0 Å². The van der Waals surface area contributed by atoms with Gasteiger partial charge in [-0.05, 0) is 43.7 Å². The van der Waals surface area contributed by atoms with E-state index in [2.05, 4.69) is 9.38 Å². The Morgan fingerprint density at radius 3 is 2.67 bits per heavy atom. The van der Waals surface area contributed by atoms with E-state index in [0.29, 0.717) is 0 Å². The number of pyridine rings is 1. The van der Waals surface area contributed by atoms with E-state index >= 15 is 0 Å². The third-order valence-electron chi connectivity index (χ3n) is 3.16. The van der Waals surface area contributed by atoms with Gasteiger partial charge in [-0.15, -0.1) is 4.40 Å². The molecule has 2 aromatic rings.